The van der Waals surface area contributed by atoms with Gasteiger partial charge in [0.15, 0.2) is 0 Å². The minimum absolute atomic E-state index is 0.0239. The zero-order chi connectivity index (χ0) is 22.9. The van der Waals surface area contributed by atoms with Gasteiger partial charge in [-0.25, -0.2) is 15.0 Å². The smallest absolute Gasteiger partial charge is 0.274 e. The first-order chi connectivity index (χ1) is 16.0. The van der Waals surface area contributed by atoms with Gasteiger partial charge in [0.1, 0.15) is 11.3 Å². The Morgan fingerprint density at radius 3 is 2.73 bits per heavy atom. The molecule has 1 saturated heterocycles. The van der Waals surface area contributed by atoms with Crippen molar-refractivity contribution in [1.29, 1.82) is 0 Å². The third kappa shape index (κ3) is 4.18. The van der Waals surface area contributed by atoms with E-state index in [1.807, 2.05) is 84.1 Å². The minimum Gasteiger partial charge on any atom is -0.347 e. The maximum Gasteiger partial charge on any atom is 0.274 e. The molecule has 7 nitrogen and oxygen atoms in total. The Bertz CT molecular complexity index is 1300. The highest BCUT2D eigenvalue weighted by Gasteiger charge is 2.29. The van der Waals surface area contributed by atoms with Crippen LogP contribution >= 0.6 is 0 Å². The number of carbonyl (C=O) groups is 1. The van der Waals surface area contributed by atoms with Gasteiger partial charge in [0.05, 0.1) is 5.69 Å². The van der Waals surface area contributed by atoms with Gasteiger partial charge in [-0.2, -0.15) is 0 Å². The van der Waals surface area contributed by atoms with Gasteiger partial charge < -0.3 is 14.2 Å². The number of nitrogens with zero attached hydrogens (tertiary/aromatic N) is 6. The number of hydrogen-bond acceptors (Lipinski definition) is 5. The average Bonchev–Trinajstić information content (AvgIpc) is 3.27. The van der Waals surface area contributed by atoms with E-state index in [1.165, 1.54) is 0 Å². The molecule has 1 amide bonds. The SMILES string of the molecule is Cc1ccn2cc(C(=O)N3CCCC(c4nc(N(C)C)ncc4-c4ccccc4)C3)nc2c1. The van der Waals surface area contributed by atoms with Crippen LogP contribution in [0, 0.1) is 6.92 Å². The third-order valence-electron chi connectivity index (χ3n) is 6.22. The highest BCUT2D eigenvalue weighted by molar-refractivity contribution is 5.93. The molecule has 3 aromatic heterocycles. The number of fused-ring (bicyclic) bond motifs is 1. The summed E-state index contributed by atoms with van der Waals surface area (Å²) in [7, 11) is 3.90. The van der Waals surface area contributed by atoms with E-state index in [-0.39, 0.29) is 11.8 Å². The molecule has 5 rings (SSSR count). The molecule has 168 valence electrons. The van der Waals surface area contributed by atoms with Gasteiger partial charge in [0.2, 0.25) is 5.95 Å². The number of hydrogen-bond donors (Lipinski definition) is 0. The van der Waals surface area contributed by atoms with Crippen LogP contribution in [-0.2, 0) is 0 Å². The summed E-state index contributed by atoms with van der Waals surface area (Å²) in [6.07, 6.45) is 7.60. The molecule has 0 radical (unpaired) electrons. The van der Waals surface area contributed by atoms with E-state index in [0.717, 1.165) is 47.4 Å². The second-order valence-electron chi connectivity index (χ2n) is 8.92. The van der Waals surface area contributed by atoms with Gasteiger partial charge in [-0.3, -0.25) is 4.79 Å². The van der Waals surface area contributed by atoms with Crippen molar-refractivity contribution in [2.75, 3.05) is 32.1 Å². The van der Waals surface area contributed by atoms with Crippen LogP contribution in [0.2, 0.25) is 0 Å². The maximum atomic E-state index is 13.4. The summed E-state index contributed by atoms with van der Waals surface area (Å²) >= 11 is 0. The zero-order valence-electron chi connectivity index (χ0n) is 19.3. The third-order valence-corrected chi connectivity index (χ3v) is 6.22. The summed E-state index contributed by atoms with van der Waals surface area (Å²) in [5, 5.41) is 0. The van der Waals surface area contributed by atoms with Crippen molar-refractivity contribution in [2.45, 2.75) is 25.7 Å². The molecule has 4 heterocycles. The van der Waals surface area contributed by atoms with Gasteiger partial charge in [-0.1, -0.05) is 30.3 Å². The van der Waals surface area contributed by atoms with Crippen molar-refractivity contribution in [1.82, 2.24) is 24.3 Å². The molecule has 1 unspecified atom stereocenters. The molecule has 4 aromatic rings. The number of aromatic nitrogens is 4. The quantitative estimate of drug-likeness (QED) is 0.476. The number of amides is 1. The fourth-order valence-electron chi connectivity index (χ4n) is 4.49. The first-order valence-corrected chi connectivity index (χ1v) is 11.3. The van der Waals surface area contributed by atoms with Gasteiger partial charge in [0.25, 0.3) is 5.91 Å². The molecular formula is C26H28N6O. The molecule has 1 aliphatic heterocycles. The molecule has 1 aromatic carbocycles. The highest BCUT2D eigenvalue weighted by Crippen LogP contribution is 2.34. The lowest BCUT2D eigenvalue weighted by Gasteiger charge is -2.33. The number of piperidine rings is 1. The van der Waals surface area contributed by atoms with Gasteiger partial charge in [0, 0.05) is 57.3 Å². The molecule has 0 saturated carbocycles. The Hall–Kier alpha value is -3.74. The fraction of sp³-hybridized carbons (Fsp3) is 0.308. The van der Waals surface area contributed by atoms with Crippen LogP contribution in [0.5, 0.6) is 0 Å². The number of carbonyl (C=O) groups excluding carboxylic acids is 1. The number of aryl methyl sites for hydroxylation is 1. The monoisotopic (exact) mass is 440 g/mol. The van der Waals surface area contributed by atoms with Crippen LogP contribution < -0.4 is 4.90 Å². The second kappa shape index (κ2) is 8.65. The summed E-state index contributed by atoms with van der Waals surface area (Å²) in [5.41, 5.74) is 5.54. The molecule has 33 heavy (non-hydrogen) atoms. The molecule has 7 heteroatoms. The van der Waals surface area contributed by atoms with Crippen LogP contribution in [0.4, 0.5) is 5.95 Å². The van der Waals surface area contributed by atoms with Crippen LogP contribution in [0.25, 0.3) is 16.8 Å². The van der Waals surface area contributed by atoms with E-state index in [0.29, 0.717) is 18.2 Å². The van der Waals surface area contributed by atoms with E-state index in [1.54, 1.807) is 0 Å². The van der Waals surface area contributed by atoms with Crippen molar-refractivity contribution in [3.8, 4) is 11.1 Å². The van der Waals surface area contributed by atoms with Crippen molar-refractivity contribution in [3.05, 3.63) is 78.0 Å². The predicted octanol–water partition coefficient (Wildman–Crippen LogP) is 4.19. The van der Waals surface area contributed by atoms with Crippen LogP contribution in [0.1, 0.15) is 40.5 Å². The highest BCUT2D eigenvalue weighted by atomic mass is 16.2. The normalized spacial score (nSPS) is 16.2. The lowest BCUT2D eigenvalue weighted by atomic mass is 9.90. The number of imidazole rings is 1. The Morgan fingerprint density at radius 1 is 1.12 bits per heavy atom. The maximum absolute atomic E-state index is 13.4. The first kappa shape index (κ1) is 21.1. The predicted molar refractivity (Wildman–Crippen MR) is 130 cm³/mol. The van der Waals surface area contributed by atoms with Crippen LogP contribution in [-0.4, -0.2) is 57.3 Å². The van der Waals surface area contributed by atoms with E-state index in [4.69, 9.17) is 4.98 Å². The molecule has 0 aliphatic carbocycles. The zero-order valence-corrected chi connectivity index (χ0v) is 19.3. The Morgan fingerprint density at radius 2 is 1.94 bits per heavy atom. The molecule has 1 atom stereocenters. The van der Waals surface area contributed by atoms with Crippen molar-refractivity contribution >= 4 is 17.5 Å². The standard InChI is InChI=1S/C26H28N6O/c1-18-11-13-31-17-22(28-23(31)14-18)25(33)32-12-7-10-20(16-32)24-21(19-8-5-4-6-9-19)15-27-26(29-24)30(2)3/h4-6,8-9,11,13-15,17,20H,7,10,12,16H2,1-3H3. The van der Waals surface area contributed by atoms with E-state index >= 15 is 0 Å². The van der Waals surface area contributed by atoms with Crippen LogP contribution in [0.15, 0.2) is 61.1 Å². The molecule has 1 fully saturated rings. The van der Waals surface area contributed by atoms with Crippen molar-refractivity contribution in [3.63, 3.8) is 0 Å². The lowest BCUT2D eigenvalue weighted by molar-refractivity contribution is 0.0701. The Balaban J connectivity index is 1.46. The Kier molecular flexibility index (Phi) is 5.54. The van der Waals surface area contributed by atoms with Crippen LogP contribution in [0.3, 0.4) is 0 Å². The summed E-state index contributed by atoms with van der Waals surface area (Å²) < 4.78 is 1.91. The first-order valence-electron chi connectivity index (χ1n) is 11.3. The average molecular weight is 441 g/mol. The topological polar surface area (TPSA) is 66.6 Å². The molecule has 0 bridgehead atoms. The van der Waals surface area contributed by atoms with E-state index in [9.17, 15) is 4.79 Å². The largest absolute Gasteiger partial charge is 0.347 e. The minimum atomic E-state index is -0.0239. The molecule has 0 N–H and O–H groups in total. The fourth-order valence-corrected chi connectivity index (χ4v) is 4.49. The number of pyridine rings is 1. The van der Waals surface area contributed by atoms with E-state index < -0.39 is 0 Å². The van der Waals surface area contributed by atoms with Gasteiger partial charge >= 0.3 is 0 Å². The number of anilines is 1. The molecule has 0 spiro atoms. The summed E-state index contributed by atoms with van der Waals surface area (Å²) in [4.78, 5) is 31.3. The molecule has 1 aliphatic rings. The number of likely N-dealkylation sites (tertiary alicyclic amines) is 1. The van der Waals surface area contributed by atoms with Crippen molar-refractivity contribution in [2.24, 2.45) is 0 Å². The van der Waals surface area contributed by atoms with E-state index in [2.05, 4.69) is 22.1 Å². The van der Waals surface area contributed by atoms with Crippen molar-refractivity contribution < 1.29 is 4.79 Å². The summed E-state index contributed by atoms with van der Waals surface area (Å²) in [5.74, 6) is 0.798. The van der Waals surface area contributed by atoms with Gasteiger partial charge in [-0.05, 0) is 43.0 Å². The summed E-state index contributed by atoms with van der Waals surface area (Å²) in [6.45, 7) is 3.38. The molecular weight excluding hydrogens is 412 g/mol. The Labute approximate surface area is 193 Å². The second-order valence-corrected chi connectivity index (χ2v) is 8.92. The van der Waals surface area contributed by atoms with Gasteiger partial charge in [-0.15, -0.1) is 0 Å². The number of rotatable bonds is 4. The summed E-state index contributed by atoms with van der Waals surface area (Å²) in [6, 6.07) is 14.2. The number of benzene rings is 1. The lowest BCUT2D eigenvalue weighted by Crippen LogP contribution is -2.39.